The summed E-state index contributed by atoms with van der Waals surface area (Å²) >= 11 is 0. The molecule has 0 bridgehead atoms. The van der Waals surface area contributed by atoms with E-state index in [0.29, 0.717) is 13.1 Å². The van der Waals surface area contributed by atoms with Gasteiger partial charge in [0.15, 0.2) is 0 Å². The van der Waals surface area contributed by atoms with Crippen LogP contribution in [0.5, 0.6) is 5.75 Å². The van der Waals surface area contributed by atoms with Crippen molar-refractivity contribution in [3.8, 4) is 5.75 Å². The summed E-state index contributed by atoms with van der Waals surface area (Å²) < 4.78 is 11.2. The lowest BCUT2D eigenvalue weighted by Crippen LogP contribution is -2.57. The minimum Gasteiger partial charge on any atom is -0.487 e. The lowest BCUT2D eigenvalue weighted by molar-refractivity contribution is -0.0221. The summed E-state index contributed by atoms with van der Waals surface area (Å²) in [5.74, 6) is 0.844. The van der Waals surface area contributed by atoms with Gasteiger partial charge in [-0.25, -0.2) is 4.79 Å². The molecule has 0 aromatic heterocycles. The van der Waals surface area contributed by atoms with Crippen molar-refractivity contribution in [3.05, 3.63) is 29.8 Å². The third kappa shape index (κ3) is 6.79. The molecule has 1 aromatic carbocycles. The summed E-state index contributed by atoms with van der Waals surface area (Å²) in [4.78, 5) is 15.6. The lowest BCUT2D eigenvalue weighted by Gasteiger charge is -2.39. The number of nitrogens with zero attached hydrogens (tertiary/aromatic N) is 2. The predicted octanol–water partition coefficient (Wildman–Crippen LogP) is 3.77. The molecule has 5 heteroatoms. The van der Waals surface area contributed by atoms with Crippen molar-refractivity contribution >= 4 is 6.09 Å². The van der Waals surface area contributed by atoms with Crippen molar-refractivity contribution in [1.29, 1.82) is 0 Å². The molecule has 24 heavy (non-hydrogen) atoms. The molecule has 1 aliphatic rings. The van der Waals surface area contributed by atoms with Crippen molar-refractivity contribution < 1.29 is 14.3 Å². The standard InChI is InChI=1S/C17H26N2O3.C2H6/c1-17(2,3)22-16(20)19-11-15(12-19)21-14-8-6-13(7-9-14)10-18(4)5;1-2/h6-9,15H,10-12H2,1-5H3;1-2H3. The highest BCUT2D eigenvalue weighted by atomic mass is 16.6. The largest absolute Gasteiger partial charge is 0.487 e. The minimum absolute atomic E-state index is 0.0483. The first kappa shape index (κ1) is 20.3. The number of hydrogen-bond donors (Lipinski definition) is 0. The second-order valence-corrected chi connectivity index (χ2v) is 7.01. The van der Waals surface area contributed by atoms with E-state index in [1.54, 1.807) is 4.90 Å². The quantitative estimate of drug-likeness (QED) is 0.839. The molecule has 1 aliphatic heterocycles. The summed E-state index contributed by atoms with van der Waals surface area (Å²) in [5, 5.41) is 0. The molecule has 0 unspecified atom stereocenters. The van der Waals surface area contributed by atoms with Gasteiger partial charge in [0.05, 0.1) is 13.1 Å². The highest BCUT2D eigenvalue weighted by molar-refractivity contribution is 5.69. The number of hydrogen-bond acceptors (Lipinski definition) is 4. The zero-order chi connectivity index (χ0) is 18.3. The molecular formula is C19H32N2O3. The van der Waals surface area contributed by atoms with Crippen LogP contribution in [-0.2, 0) is 11.3 Å². The van der Waals surface area contributed by atoms with Crippen molar-refractivity contribution in [2.75, 3.05) is 27.2 Å². The zero-order valence-electron chi connectivity index (χ0n) is 16.1. The Labute approximate surface area is 146 Å². The Morgan fingerprint density at radius 2 is 1.71 bits per heavy atom. The first-order chi connectivity index (χ1) is 11.2. The fraction of sp³-hybridized carbons (Fsp3) is 0.632. The number of benzene rings is 1. The Morgan fingerprint density at radius 1 is 1.17 bits per heavy atom. The van der Waals surface area contributed by atoms with Crippen LogP contribution in [0.4, 0.5) is 4.79 Å². The van der Waals surface area contributed by atoms with Crippen LogP contribution in [0.25, 0.3) is 0 Å². The molecule has 1 aromatic rings. The van der Waals surface area contributed by atoms with Gasteiger partial charge in [-0.1, -0.05) is 26.0 Å². The first-order valence-corrected chi connectivity index (χ1v) is 8.61. The monoisotopic (exact) mass is 336 g/mol. The number of carbonyl (C=O) groups excluding carboxylic acids is 1. The number of ether oxygens (including phenoxy) is 2. The van der Waals surface area contributed by atoms with Gasteiger partial charge in [-0.3, -0.25) is 0 Å². The lowest BCUT2D eigenvalue weighted by atomic mass is 10.1. The molecule has 0 saturated carbocycles. The van der Waals surface area contributed by atoms with Gasteiger partial charge in [0.25, 0.3) is 0 Å². The fourth-order valence-electron chi connectivity index (χ4n) is 2.22. The SMILES string of the molecule is CC.CN(C)Cc1ccc(OC2CN(C(=O)OC(C)(C)C)C2)cc1. The second kappa shape index (κ2) is 8.92. The molecule has 1 amide bonds. The third-order valence-corrected chi connectivity index (χ3v) is 3.22. The molecular weight excluding hydrogens is 304 g/mol. The van der Waals surface area contributed by atoms with E-state index in [1.165, 1.54) is 5.56 Å². The Balaban J connectivity index is 0.00000139. The van der Waals surface area contributed by atoms with Crippen molar-refractivity contribution in [3.63, 3.8) is 0 Å². The van der Waals surface area contributed by atoms with E-state index in [1.807, 2.05) is 60.8 Å². The third-order valence-electron chi connectivity index (χ3n) is 3.22. The van der Waals surface area contributed by atoms with Crippen LogP contribution < -0.4 is 4.74 Å². The van der Waals surface area contributed by atoms with Crippen LogP contribution in [0.1, 0.15) is 40.2 Å². The summed E-state index contributed by atoms with van der Waals surface area (Å²) in [7, 11) is 4.09. The van der Waals surface area contributed by atoms with E-state index < -0.39 is 5.60 Å². The van der Waals surface area contributed by atoms with E-state index >= 15 is 0 Å². The van der Waals surface area contributed by atoms with Gasteiger partial charge in [0.1, 0.15) is 17.5 Å². The number of rotatable bonds is 4. The van der Waals surface area contributed by atoms with Crippen molar-refractivity contribution in [1.82, 2.24) is 9.80 Å². The van der Waals surface area contributed by atoms with Gasteiger partial charge in [-0.05, 0) is 52.6 Å². The van der Waals surface area contributed by atoms with Crippen LogP contribution in [0.3, 0.4) is 0 Å². The highest BCUT2D eigenvalue weighted by Gasteiger charge is 2.35. The average Bonchev–Trinajstić information content (AvgIpc) is 2.43. The first-order valence-electron chi connectivity index (χ1n) is 8.61. The number of carbonyl (C=O) groups is 1. The molecule has 1 saturated heterocycles. The Kier molecular flexibility index (Phi) is 7.55. The van der Waals surface area contributed by atoms with Crippen LogP contribution in [-0.4, -0.2) is 54.8 Å². The maximum absolute atomic E-state index is 11.8. The summed E-state index contributed by atoms with van der Waals surface area (Å²) in [6.45, 7) is 11.7. The van der Waals surface area contributed by atoms with E-state index in [2.05, 4.69) is 17.0 Å². The van der Waals surface area contributed by atoms with E-state index in [9.17, 15) is 4.79 Å². The average molecular weight is 336 g/mol. The van der Waals surface area contributed by atoms with Gasteiger partial charge >= 0.3 is 6.09 Å². The molecule has 1 heterocycles. The Bertz CT molecular complexity index is 500. The topological polar surface area (TPSA) is 42.0 Å². The fourth-order valence-corrected chi connectivity index (χ4v) is 2.22. The van der Waals surface area contributed by atoms with Crippen molar-refractivity contribution in [2.45, 2.75) is 52.9 Å². The molecule has 0 spiro atoms. The molecule has 5 nitrogen and oxygen atoms in total. The molecule has 0 aliphatic carbocycles. The number of likely N-dealkylation sites (tertiary alicyclic amines) is 1. The Hall–Kier alpha value is -1.75. The molecule has 0 radical (unpaired) electrons. The minimum atomic E-state index is -0.453. The van der Waals surface area contributed by atoms with E-state index in [-0.39, 0.29) is 12.2 Å². The Morgan fingerprint density at radius 3 is 2.17 bits per heavy atom. The van der Waals surface area contributed by atoms with Gasteiger partial charge in [0, 0.05) is 6.54 Å². The van der Waals surface area contributed by atoms with Crippen molar-refractivity contribution in [2.24, 2.45) is 0 Å². The second-order valence-electron chi connectivity index (χ2n) is 7.01. The van der Waals surface area contributed by atoms with Crippen LogP contribution in [0.2, 0.25) is 0 Å². The van der Waals surface area contributed by atoms with Gasteiger partial charge in [-0.15, -0.1) is 0 Å². The summed E-state index contributed by atoms with van der Waals surface area (Å²) in [6.07, 6.45) is -0.221. The zero-order valence-corrected chi connectivity index (χ0v) is 16.1. The maximum atomic E-state index is 11.8. The van der Waals surface area contributed by atoms with Crippen LogP contribution >= 0.6 is 0 Å². The molecule has 0 atom stereocenters. The van der Waals surface area contributed by atoms with Gasteiger partial charge in [0.2, 0.25) is 0 Å². The smallest absolute Gasteiger partial charge is 0.410 e. The normalized spacial score (nSPS) is 14.6. The summed E-state index contributed by atoms with van der Waals surface area (Å²) in [6, 6.07) is 8.10. The van der Waals surface area contributed by atoms with E-state index in [0.717, 1.165) is 12.3 Å². The molecule has 136 valence electrons. The molecule has 2 rings (SSSR count). The molecule has 0 N–H and O–H groups in total. The van der Waals surface area contributed by atoms with Crippen LogP contribution in [0, 0.1) is 0 Å². The van der Waals surface area contributed by atoms with Gasteiger partial charge in [-0.2, -0.15) is 0 Å². The predicted molar refractivity (Wildman–Crippen MR) is 97.4 cm³/mol. The number of amides is 1. The maximum Gasteiger partial charge on any atom is 0.410 e. The summed E-state index contributed by atoms with van der Waals surface area (Å²) in [5.41, 5.74) is 0.798. The highest BCUT2D eigenvalue weighted by Crippen LogP contribution is 2.21. The molecule has 1 fully saturated rings. The van der Waals surface area contributed by atoms with E-state index in [4.69, 9.17) is 9.47 Å². The van der Waals surface area contributed by atoms with Crippen LogP contribution in [0.15, 0.2) is 24.3 Å². The van der Waals surface area contributed by atoms with Gasteiger partial charge < -0.3 is 19.3 Å².